The Bertz CT molecular complexity index is 1110. The Labute approximate surface area is 194 Å². The van der Waals surface area contributed by atoms with Crippen LogP contribution in [-0.2, 0) is 10.0 Å². The van der Waals surface area contributed by atoms with E-state index in [4.69, 9.17) is 17.4 Å². The zero-order valence-corrected chi connectivity index (χ0v) is 19.2. The summed E-state index contributed by atoms with van der Waals surface area (Å²) in [4.78, 5) is 4.72. The van der Waals surface area contributed by atoms with Gasteiger partial charge in [-0.3, -0.25) is 4.90 Å². The van der Waals surface area contributed by atoms with Crippen LogP contribution in [0.1, 0.15) is 17.2 Å². The lowest BCUT2D eigenvalue weighted by molar-refractivity contribution is 0.151. The van der Waals surface area contributed by atoms with Crippen LogP contribution in [0.3, 0.4) is 0 Å². The molecule has 0 radical (unpaired) electrons. The van der Waals surface area contributed by atoms with Crippen molar-refractivity contribution < 1.29 is 8.42 Å². The largest absolute Gasteiger partial charge is 0.346 e. The minimum Gasteiger partial charge on any atom is -0.346 e. The Morgan fingerprint density at radius 3 is 1.78 bits per heavy atom. The Balaban J connectivity index is 1.42. The maximum absolute atomic E-state index is 11.4. The van der Waals surface area contributed by atoms with E-state index in [9.17, 15) is 8.42 Å². The lowest BCUT2D eigenvalue weighted by atomic mass is 9.96. The molecule has 0 aliphatic carbocycles. The fraction of sp³-hybridized carbons (Fsp3) is 0.208. The van der Waals surface area contributed by atoms with Crippen molar-refractivity contribution >= 4 is 33.0 Å². The van der Waals surface area contributed by atoms with Crippen LogP contribution < -0.4 is 10.5 Å². The maximum Gasteiger partial charge on any atom is 0.238 e. The average Bonchev–Trinajstić information content (AvgIpc) is 2.81. The van der Waals surface area contributed by atoms with Crippen molar-refractivity contribution in [2.75, 3.05) is 31.5 Å². The molecule has 3 aromatic carbocycles. The van der Waals surface area contributed by atoms with Crippen LogP contribution in [0.2, 0.25) is 0 Å². The molecule has 32 heavy (non-hydrogen) atoms. The van der Waals surface area contributed by atoms with Crippen molar-refractivity contribution in [2.45, 2.75) is 10.9 Å². The zero-order chi connectivity index (χ0) is 22.6. The van der Waals surface area contributed by atoms with Crippen molar-refractivity contribution in [2.24, 2.45) is 5.14 Å². The lowest BCUT2D eigenvalue weighted by Gasteiger charge is -2.40. The molecule has 0 saturated carbocycles. The van der Waals surface area contributed by atoms with E-state index in [2.05, 4.69) is 63.6 Å². The number of hydrogen-bond acceptors (Lipinski definition) is 4. The lowest BCUT2D eigenvalue weighted by Crippen LogP contribution is -2.50. The Morgan fingerprint density at radius 1 is 0.812 bits per heavy atom. The molecule has 4 rings (SSSR count). The van der Waals surface area contributed by atoms with Gasteiger partial charge in [-0.25, -0.2) is 13.6 Å². The van der Waals surface area contributed by atoms with E-state index in [1.165, 1.54) is 23.3 Å². The maximum atomic E-state index is 11.4. The highest BCUT2D eigenvalue weighted by atomic mass is 32.2. The monoisotopic (exact) mass is 466 g/mol. The molecule has 1 fully saturated rings. The van der Waals surface area contributed by atoms with E-state index in [1.54, 1.807) is 12.1 Å². The number of anilines is 1. The summed E-state index contributed by atoms with van der Waals surface area (Å²) in [5, 5.41) is 8.99. The van der Waals surface area contributed by atoms with Crippen LogP contribution in [-0.4, -0.2) is 49.5 Å². The molecule has 0 bridgehead atoms. The van der Waals surface area contributed by atoms with Crippen molar-refractivity contribution in [3.05, 3.63) is 96.1 Å². The Hall–Kier alpha value is -2.78. The first-order chi connectivity index (χ1) is 15.4. The Kier molecular flexibility index (Phi) is 6.86. The van der Waals surface area contributed by atoms with E-state index < -0.39 is 10.0 Å². The fourth-order valence-corrected chi connectivity index (χ4v) is 4.81. The summed E-state index contributed by atoms with van der Waals surface area (Å²) in [7, 11) is -3.71. The molecular weight excluding hydrogens is 440 g/mol. The predicted octanol–water partition coefficient (Wildman–Crippen LogP) is 3.44. The van der Waals surface area contributed by atoms with E-state index >= 15 is 0 Å². The third-order valence-corrected chi connectivity index (χ3v) is 6.92. The van der Waals surface area contributed by atoms with Gasteiger partial charge in [0.15, 0.2) is 5.11 Å². The van der Waals surface area contributed by atoms with Crippen LogP contribution in [0.15, 0.2) is 89.8 Å². The van der Waals surface area contributed by atoms with Gasteiger partial charge in [0, 0.05) is 31.9 Å². The highest BCUT2D eigenvalue weighted by molar-refractivity contribution is 7.89. The van der Waals surface area contributed by atoms with Gasteiger partial charge in [-0.2, -0.15) is 0 Å². The van der Waals surface area contributed by atoms with Gasteiger partial charge in [-0.1, -0.05) is 60.7 Å². The number of benzene rings is 3. The number of nitrogens with zero attached hydrogens (tertiary/aromatic N) is 2. The fourth-order valence-electron chi connectivity index (χ4n) is 4.00. The van der Waals surface area contributed by atoms with E-state index in [0.717, 1.165) is 31.9 Å². The summed E-state index contributed by atoms with van der Waals surface area (Å²) in [5.74, 6) is 0. The second-order valence-electron chi connectivity index (χ2n) is 7.75. The quantitative estimate of drug-likeness (QED) is 0.561. The van der Waals surface area contributed by atoms with Crippen molar-refractivity contribution in [1.82, 2.24) is 9.80 Å². The van der Waals surface area contributed by atoms with E-state index in [0.29, 0.717) is 5.11 Å². The van der Waals surface area contributed by atoms with Gasteiger partial charge in [0.2, 0.25) is 10.0 Å². The average molecular weight is 467 g/mol. The molecule has 6 nitrogen and oxygen atoms in total. The minimum atomic E-state index is -3.71. The third kappa shape index (κ3) is 5.34. The summed E-state index contributed by atoms with van der Waals surface area (Å²) in [6, 6.07) is 27.6. The molecule has 1 saturated heterocycles. The second kappa shape index (κ2) is 9.79. The van der Waals surface area contributed by atoms with Crippen molar-refractivity contribution in [3.63, 3.8) is 0 Å². The van der Waals surface area contributed by atoms with Crippen LogP contribution in [0.4, 0.5) is 5.69 Å². The molecule has 0 amide bonds. The van der Waals surface area contributed by atoms with Crippen LogP contribution >= 0.6 is 12.2 Å². The second-order valence-corrected chi connectivity index (χ2v) is 9.69. The van der Waals surface area contributed by atoms with Gasteiger partial charge in [-0.15, -0.1) is 0 Å². The molecule has 0 unspecified atom stereocenters. The number of hydrogen-bond donors (Lipinski definition) is 2. The normalized spacial score (nSPS) is 15.0. The molecule has 0 spiro atoms. The van der Waals surface area contributed by atoms with Crippen molar-refractivity contribution in [3.8, 4) is 0 Å². The highest BCUT2D eigenvalue weighted by Crippen LogP contribution is 2.29. The van der Waals surface area contributed by atoms with Gasteiger partial charge >= 0.3 is 0 Å². The molecule has 3 aromatic rings. The molecular formula is C24H26N4O2S2. The predicted molar refractivity (Wildman–Crippen MR) is 132 cm³/mol. The molecule has 0 atom stereocenters. The number of sulfonamides is 1. The van der Waals surface area contributed by atoms with Gasteiger partial charge in [0.05, 0.1) is 10.9 Å². The molecule has 1 heterocycles. The van der Waals surface area contributed by atoms with Crippen LogP contribution in [0.25, 0.3) is 0 Å². The zero-order valence-electron chi connectivity index (χ0n) is 17.6. The van der Waals surface area contributed by atoms with Gasteiger partial charge in [0.1, 0.15) is 0 Å². The number of thiocarbonyl (C=S) groups is 1. The van der Waals surface area contributed by atoms with Gasteiger partial charge in [-0.05, 0) is 47.6 Å². The third-order valence-electron chi connectivity index (χ3n) is 5.63. The first-order valence-corrected chi connectivity index (χ1v) is 12.4. The molecule has 1 aliphatic heterocycles. The molecule has 1 aliphatic rings. The standard InChI is InChI=1S/C24H26N4O2S2/c25-32(29,30)22-13-11-21(12-14-22)26-24(31)28-17-15-27(16-18-28)23(19-7-3-1-4-8-19)20-9-5-2-6-10-20/h1-14,23H,15-18H2,(H,26,31)(H2,25,29,30). The summed E-state index contributed by atoms with van der Waals surface area (Å²) < 4.78 is 22.8. The van der Waals surface area contributed by atoms with Crippen LogP contribution in [0, 0.1) is 0 Å². The molecule has 8 heteroatoms. The first-order valence-electron chi connectivity index (χ1n) is 10.4. The number of piperazine rings is 1. The van der Waals surface area contributed by atoms with Crippen LogP contribution in [0.5, 0.6) is 0 Å². The SMILES string of the molecule is NS(=O)(=O)c1ccc(NC(=S)N2CCN(C(c3ccccc3)c3ccccc3)CC2)cc1. The topological polar surface area (TPSA) is 78.7 Å². The van der Waals surface area contributed by atoms with E-state index in [-0.39, 0.29) is 10.9 Å². The summed E-state index contributed by atoms with van der Waals surface area (Å²) >= 11 is 5.61. The smallest absolute Gasteiger partial charge is 0.238 e. The summed E-state index contributed by atoms with van der Waals surface area (Å²) in [6.07, 6.45) is 0. The molecule has 166 valence electrons. The summed E-state index contributed by atoms with van der Waals surface area (Å²) in [5.41, 5.74) is 3.29. The van der Waals surface area contributed by atoms with Crippen molar-refractivity contribution in [1.29, 1.82) is 0 Å². The first kappa shape index (κ1) is 22.4. The van der Waals surface area contributed by atoms with Gasteiger partial charge in [0.25, 0.3) is 0 Å². The summed E-state index contributed by atoms with van der Waals surface area (Å²) in [6.45, 7) is 3.36. The molecule has 3 N–H and O–H groups in total. The number of primary sulfonamides is 1. The Morgan fingerprint density at radius 2 is 1.31 bits per heavy atom. The molecule has 0 aromatic heterocycles. The highest BCUT2D eigenvalue weighted by Gasteiger charge is 2.27. The number of nitrogens with two attached hydrogens (primary N) is 1. The number of rotatable bonds is 5. The van der Waals surface area contributed by atoms with E-state index in [1.807, 2.05) is 12.1 Å². The van der Waals surface area contributed by atoms with Gasteiger partial charge < -0.3 is 10.2 Å². The number of nitrogens with one attached hydrogen (secondary N) is 1. The minimum absolute atomic E-state index is 0.0791.